The van der Waals surface area contributed by atoms with E-state index in [1.54, 1.807) is 5.32 Å². The number of hydrogen-bond donors (Lipinski definition) is 1. The molecule has 96 valence electrons. The summed E-state index contributed by atoms with van der Waals surface area (Å²) in [5.41, 5.74) is 0.733. The van der Waals surface area contributed by atoms with Gasteiger partial charge in [0, 0.05) is 11.3 Å². The number of carbonyl (C=O) groups excluding carboxylic acids is 1. The van der Waals surface area contributed by atoms with Crippen LogP contribution in [0.5, 0.6) is 0 Å². The minimum Gasteiger partial charge on any atom is -0.476 e. The van der Waals surface area contributed by atoms with Crippen molar-refractivity contribution in [2.24, 2.45) is 4.99 Å². The Morgan fingerprint density at radius 3 is 2.44 bits per heavy atom. The first-order valence-corrected chi connectivity index (χ1v) is 5.13. The lowest BCUT2D eigenvalue weighted by molar-refractivity contribution is -0.167. The van der Waals surface area contributed by atoms with E-state index < -0.39 is 12.1 Å². The van der Waals surface area contributed by atoms with E-state index in [4.69, 9.17) is 4.74 Å². The summed E-state index contributed by atoms with van der Waals surface area (Å²) in [5.74, 6) is -1.53. The predicted octanol–water partition coefficient (Wildman–Crippen LogP) is 1.96. The standard InChI is InChI=1S/C11H9F3N2O2/c12-11(13,14)10(17)16-8-3-1-7(2-4-8)9-15-5-6-18-9/h1-4H,5-6H2,(H,16,17). The number of alkyl halides is 3. The van der Waals surface area contributed by atoms with Gasteiger partial charge < -0.3 is 10.1 Å². The lowest BCUT2D eigenvalue weighted by atomic mass is 10.2. The number of halogens is 3. The fourth-order valence-electron chi connectivity index (χ4n) is 1.41. The largest absolute Gasteiger partial charge is 0.476 e. The second-order valence-corrected chi connectivity index (χ2v) is 3.56. The van der Waals surface area contributed by atoms with Crippen LogP contribution < -0.4 is 5.32 Å². The van der Waals surface area contributed by atoms with E-state index in [-0.39, 0.29) is 5.69 Å². The number of amides is 1. The van der Waals surface area contributed by atoms with E-state index in [2.05, 4.69) is 4.99 Å². The molecule has 1 aliphatic rings. The van der Waals surface area contributed by atoms with Gasteiger partial charge in [-0.3, -0.25) is 4.79 Å². The zero-order valence-corrected chi connectivity index (χ0v) is 9.12. The van der Waals surface area contributed by atoms with Gasteiger partial charge in [0.2, 0.25) is 5.90 Å². The summed E-state index contributed by atoms with van der Waals surface area (Å²) in [7, 11) is 0. The van der Waals surface area contributed by atoms with Gasteiger partial charge in [-0.25, -0.2) is 4.99 Å². The SMILES string of the molecule is O=C(Nc1ccc(C2=NCCO2)cc1)C(F)(F)F. The molecule has 1 aliphatic heterocycles. The minimum absolute atomic E-state index is 0.0691. The zero-order valence-electron chi connectivity index (χ0n) is 9.12. The first kappa shape index (κ1) is 12.4. The number of hydrogen-bond acceptors (Lipinski definition) is 3. The summed E-state index contributed by atoms with van der Waals surface area (Å²) in [4.78, 5) is 14.8. The number of nitrogens with one attached hydrogen (secondary N) is 1. The molecule has 0 spiro atoms. The number of anilines is 1. The maximum atomic E-state index is 12.0. The quantitative estimate of drug-likeness (QED) is 0.881. The highest BCUT2D eigenvalue weighted by atomic mass is 19.4. The molecule has 0 atom stereocenters. The van der Waals surface area contributed by atoms with Crippen LogP contribution in [-0.2, 0) is 9.53 Å². The monoisotopic (exact) mass is 258 g/mol. The van der Waals surface area contributed by atoms with Crippen LogP contribution in [0.4, 0.5) is 18.9 Å². The van der Waals surface area contributed by atoms with Crippen molar-refractivity contribution in [2.75, 3.05) is 18.5 Å². The third kappa shape index (κ3) is 2.79. The van der Waals surface area contributed by atoms with Crippen LogP contribution in [-0.4, -0.2) is 31.1 Å². The average Bonchev–Trinajstić information content (AvgIpc) is 2.82. The van der Waals surface area contributed by atoms with Crippen LogP contribution in [0.2, 0.25) is 0 Å². The van der Waals surface area contributed by atoms with Crippen molar-refractivity contribution in [3.63, 3.8) is 0 Å². The summed E-state index contributed by atoms with van der Waals surface area (Å²) in [6.07, 6.45) is -4.89. The van der Waals surface area contributed by atoms with Crippen LogP contribution in [0.1, 0.15) is 5.56 Å². The summed E-state index contributed by atoms with van der Waals surface area (Å²) in [6, 6.07) is 5.80. The van der Waals surface area contributed by atoms with Crippen molar-refractivity contribution in [3.8, 4) is 0 Å². The van der Waals surface area contributed by atoms with E-state index >= 15 is 0 Å². The van der Waals surface area contributed by atoms with Crippen molar-refractivity contribution in [1.82, 2.24) is 0 Å². The average molecular weight is 258 g/mol. The van der Waals surface area contributed by atoms with Crippen LogP contribution in [0.25, 0.3) is 0 Å². The minimum atomic E-state index is -4.89. The van der Waals surface area contributed by atoms with Crippen molar-refractivity contribution in [1.29, 1.82) is 0 Å². The number of nitrogens with zero attached hydrogens (tertiary/aromatic N) is 1. The molecule has 7 heteroatoms. The smallest absolute Gasteiger partial charge is 0.471 e. The van der Waals surface area contributed by atoms with E-state index in [0.29, 0.717) is 24.6 Å². The summed E-state index contributed by atoms with van der Waals surface area (Å²) in [5, 5.41) is 1.76. The molecule has 0 fully saturated rings. The number of benzene rings is 1. The van der Waals surface area contributed by atoms with Crippen molar-refractivity contribution in [3.05, 3.63) is 29.8 Å². The molecule has 1 heterocycles. The van der Waals surface area contributed by atoms with Gasteiger partial charge in [-0.2, -0.15) is 13.2 Å². The Kier molecular flexibility index (Phi) is 3.22. The molecule has 0 unspecified atom stereocenters. The zero-order chi connectivity index (χ0) is 13.2. The van der Waals surface area contributed by atoms with Gasteiger partial charge in [-0.15, -0.1) is 0 Å². The third-order valence-electron chi connectivity index (χ3n) is 2.23. The predicted molar refractivity (Wildman–Crippen MR) is 58.5 cm³/mol. The van der Waals surface area contributed by atoms with Crippen LogP contribution in [0.15, 0.2) is 29.3 Å². The van der Waals surface area contributed by atoms with Crippen molar-refractivity contribution < 1.29 is 22.7 Å². The Hall–Kier alpha value is -2.05. The topological polar surface area (TPSA) is 50.7 Å². The molecule has 2 rings (SSSR count). The maximum Gasteiger partial charge on any atom is 0.471 e. The number of ether oxygens (including phenoxy) is 1. The fraction of sp³-hybridized carbons (Fsp3) is 0.273. The fourth-order valence-corrected chi connectivity index (χ4v) is 1.41. The molecular weight excluding hydrogens is 249 g/mol. The Morgan fingerprint density at radius 1 is 1.28 bits per heavy atom. The second-order valence-electron chi connectivity index (χ2n) is 3.56. The third-order valence-corrected chi connectivity index (χ3v) is 2.23. The molecule has 4 nitrogen and oxygen atoms in total. The van der Waals surface area contributed by atoms with Gasteiger partial charge in [0.05, 0.1) is 6.54 Å². The van der Waals surface area contributed by atoms with E-state index in [9.17, 15) is 18.0 Å². The molecule has 0 saturated carbocycles. The highest BCUT2D eigenvalue weighted by Gasteiger charge is 2.38. The molecule has 0 radical (unpaired) electrons. The van der Waals surface area contributed by atoms with Gasteiger partial charge in [0.1, 0.15) is 6.61 Å². The van der Waals surface area contributed by atoms with Crippen molar-refractivity contribution >= 4 is 17.5 Å². The molecular formula is C11H9F3N2O2. The Balaban J connectivity index is 2.06. The van der Waals surface area contributed by atoms with E-state index in [1.165, 1.54) is 24.3 Å². The summed E-state index contributed by atoms with van der Waals surface area (Å²) >= 11 is 0. The molecule has 1 amide bonds. The summed E-state index contributed by atoms with van der Waals surface area (Å²) < 4.78 is 41.2. The van der Waals surface area contributed by atoms with Crippen molar-refractivity contribution in [2.45, 2.75) is 6.18 Å². The Bertz CT molecular complexity index is 480. The first-order valence-electron chi connectivity index (χ1n) is 5.13. The number of aliphatic imine (C=N–C) groups is 1. The van der Waals surface area contributed by atoms with E-state index in [1.807, 2.05) is 0 Å². The molecule has 0 aromatic heterocycles. The van der Waals surface area contributed by atoms with Gasteiger partial charge in [-0.1, -0.05) is 0 Å². The molecule has 1 aromatic carbocycles. The lowest BCUT2D eigenvalue weighted by Gasteiger charge is -2.08. The van der Waals surface area contributed by atoms with Crippen LogP contribution >= 0.6 is 0 Å². The van der Waals surface area contributed by atoms with Gasteiger partial charge in [-0.05, 0) is 24.3 Å². The van der Waals surface area contributed by atoms with Gasteiger partial charge >= 0.3 is 12.1 Å². The number of rotatable bonds is 2. The normalized spacial score (nSPS) is 14.9. The van der Waals surface area contributed by atoms with Crippen LogP contribution in [0.3, 0.4) is 0 Å². The molecule has 18 heavy (non-hydrogen) atoms. The van der Waals surface area contributed by atoms with Gasteiger partial charge in [0.15, 0.2) is 0 Å². The van der Waals surface area contributed by atoms with E-state index in [0.717, 1.165) is 0 Å². The van der Waals surface area contributed by atoms with Gasteiger partial charge in [0.25, 0.3) is 0 Å². The first-order chi connectivity index (χ1) is 8.47. The summed E-state index contributed by atoms with van der Waals surface area (Å²) in [6.45, 7) is 1.07. The Labute approximate surface area is 100 Å². The Morgan fingerprint density at radius 2 is 1.94 bits per heavy atom. The highest BCUT2D eigenvalue weighted by molar-refractivity contribution is 5.97. The molecule has 1 N–H and O–H groups in total. The molecule has 0 bridgehead atoms. The lowest BCUT2D eigenvalue weighted by Crippen LogP contribution is -2.29. The highest BCUT2D eigenvalue weighted by Crippen LogP contribution is 2.19. The van der Waals surface area contributed by atoms with Crippen LogP contribution in [0, 0.1) is 0 Å². The second kappa shape index (κ2) is 4.67. The maximum absolute atomic E-state index is 12.0. The molecule has 0 aliphatic carbocycles. The molecule has 0 saturated heterocycles. The molecule has 1 aromatic rings. The number of carbonyl (C=O) groups is 1.